The van der Waals surface area contributed by atoms with Crippen LogP contribution in [0.2, 0.25) is 0 Å². The molecule has 0 aliphatic heterocycles. The first-order valence-electron chi connectivity index (χ1n) is 4.05. The van der Waals surface area contributed by atoms with Crippen LogP contribution in [0.15, 0.2) is 16.7 Å². The summed E-state index contributed by atoms with van der Waals surface area (Å²) in [4.78, 5) is 0. The van der Waals surface area contributed by atoms with E-state index in [2.05, 4.69) is 6.92 Å². The van der Waals surface area contributed by atoms with Gasteiger partial charge in [-0.15, -0.1) is 0 Å². The molecule has 2 heteroatoms. The zero-order valence-electron chi connectivity index (χ0n) is 7.13. The van der Waals surface area contributed by atoms with Crippen molar-refractivity contribution in [3.63, 3.8) is 0 Å². The van der Waals surface area contributed by atoms with E-state index in [4.69, 9.17) is 10.2 Å². The fourth-order valence-electron chi connectivity index (χ4n) is 1.25. The minimum Gasteiger partial charge on any atom is -0.469 e. The summed E-state index contributed by atoms with van der Waals surface area (Å²) >= 11 is 0. The van der Waals surface area contributed by atoms with Gasteiger partial charge in [-0.1, -0.05) is 13.3 Å². The first-order valence-corrected chi connectivity index (χ1v) is 4.05. The minimum atomic E-state index is 0.152. The van der Waals surface area contributed by atoms with Gasteiger partial charge < -0.3 is 10.2 Å². The molecule has 1 rings (SSSR count). The Hall–Kier alpha value is -0.760. The van der Waals surface area contributed by atoms with Gasteiger partial charge in [0.1, 0.15) is 5.76 Å². The Bertz CT molecular complexity index is 217. The van der Waals surface area contributed by atoms with E-state index < -0.39 is 0 Å². The average Bonchev–Trinajstić information content (AvgIpc) is 2.36. The minimum absolute atomic E-state index is 0.152. The molecular weight excluding hydrogens is 138 g/mol. The lowest BCUT2D eigenvalue weighted by atomic mass is 10.0. The van der Waals surface area contributed by atoms with Crippen molar-refractivity contribution in [2.24, 2.45) is 5.73 Å². The van der Waals surface area contributed by atoms with Crippen LogP contribution in [-0.4, -0.2) is 0 Å². The Kier molecular flexibility index (Phi) is 2.71. The normalized spacial score (nSPS) is 13.4. The zero-order valence-corrected chi connectivity index (χ0v) is 7.13. The van der Waals surface area contributed by atoms with Gasteiger partial charge in [-0.3, -0.25) is 0 Å². The van der Waals surface area contributed by atoms with Crippen LogP contribution in [-0.2, 0) is 0 Å². The van der Waals surface area contributed by atoms with Gasteiger partial charge in [0.25, 0.3) is 0 Å². The number of hydrogen-bond acceptors (Lipinski definition) is 2. The molecule has 0 spiro atoms. The summed E-state index contributed by atoms with van der Waals surface area (Å²) in [7, 11) is 0. The average molecular weight is 153 g/mol. The van der Waals surface area contributed by atoms with Crippen LogP contribution in [0.1, 0.15) is 37.1 Å². The van der Waals surface area contributed by atoms with E-state index in [9.17, 15) is 0 Å². The van der Waals surface area contributed by atoms with Gasteiger partial charge in [0.15, 0.2) is 0 Å². The van der Waals surface area contributed by atoms with E-state index in [1.807, 2.05) is 13.0 Å². The molecular formula is C9H15NO. The number of nitrogens with two attached hydrogens (primary N) is 1. The van der Waals surface area contributed by atoms with E-state index in [1.54, 1.807) is 6.26 Å². The fraction of sp³-hybridized carbons (Fsp3) is 0.556. The molecule has 0 aliphatic rings. The molecule has 0 saturated heterocycles. The van der Waals surface area contributed by atoms with Crippen LogP contribution < -0.4 is 5.73 Å². The van der Waals surface area contributed by atoms with Crippen LogP contribution in [0.3, 0.4) is 0 Å². The summed E-state index contributed by atoms with van der Waals surface area (Å²) in [5.74, 6) is 0.950. The summed E-state index contributed by atoms with van der Waals surface area (Å²) in [6, 6.07) is 2.11. The molecule has 62 valence electrons. The van der Waals surface area contributed by atoms with Crippen LogP contribution in [0.4, 0.5) is 0 Å². The Morgan fingerprint density at radius 1 is 1.64 bits per heavy atom. The van der Waals surface area contributed by atoms with Gasteiger partial charge in [-0.05, 0) is 19.4 Å². The monoisotopic (exact) mass is 153 g/mol. The summed E-state index contributed by atoms with van der Waals surface area (Å²) in [5, 5.41) is 0. The first kappa shape index (κ1) is 8.34. The van der Waals surface area contributed by atoms with Crippen LogP contribution in [0.5, 0.6) is 0 Å². The largest absolute Gasteiger partial charge is 0.469 e. The highest BCUT2D eigenvalue weighted by atomic mass is 16.3. The van der Waals surface area contributed by atoms with E-state index in [0.29, 0.717) is 0 Å². The van der Waals surface area contributed by atoms with E-state index >= 15 is 0 Å². The Morgan fingerprint density at radius 3 is 2.82 bits per heavy atom. The Labute approximate surface area is 67.4 Å². The number of aryl methyl sites for hydroxylation is 1. The summed E-state index contributed by atoms with van der Waals surface area (Å²) < 4.78 is 5.15. The lowest BCUT2D eigenvalue weighted by Crippen LogP contribution is -2.09. The molecule has 0 saturated carbocycles. The van der Waals surface area contributed by atoms with Crippen molar-refractivity contribution in [1.29, 1.82) is 0 Å². The van der Waals surface area contributed by atoms with Crippen molar-refractivity contribution in [1.82, 2.24) is 0 Å². The molecule has 0 aliphatic carbocycles. The molecule has 1 heterocycles. The molecule has 1 aromatic rings. The highest BCUT2D eigenvalue weighted by molar-refractivity contribution is 5.19. The third-order valence-corrected chi connectivity index (χ3v) is 1.90. The highest BCUT2D eigenvalue weighted by Crippen LogP contribution is 2.19. The van der Waals surface area contributed by atoms with Gasteiger partial charge in [0.2, 0.25) is 0 Å². The van der Waals surface area contributed by atoms with Crippen molar-refractivity contribution in [2.75, 3.05) is 0 Å². The van der Waals surface area contributed by atoms with Gasteiger partial charge >= 0.3 is 0 Å². The summed E-state index contributed by atoms with van der Waals surface area (Å²) in [5.41, 5.74) is 7.04. The first-order chi connectivity index (χ1) is 5.25. The third kappa shape index (κ3) is 1.84. The summed E-state index contributed by atoms with van der Waals surface area (Å²) in [6.07, 6.45) is 3.84. The predicted octanol–water partition coefficient (Wildman–Crippen LogP) is 2.39. The molecule has 2 N–H and O–H groups in total. The smallest absolute Gasteiger partial charge is 0.105 e. The van der Waals surface area contributed by atoms with Crippen molar-refractivity contribution in [3.05, 3.63) is 23.7 Å². The second-order valence-electron chi connectivity index (χ2n) is 2.83. The van der Waals surface area contributed by atoms with E-state index in [-0.39, 0.29) is 6.04 Å². The zero-order chi connectivity index (χ0) is 8.27. The van der Waals surface area contributed by atoms with E-state index in [0.717, 1.165) is 24.2 Å². The molecule has 1 atom stereocenters. The molecule has 11 heavy (non-hydrogen) atoms. The van der Waals surface area contributed by atoms with Gasteiger partial charge in [0, 0.05) is 11.6 Å². The van der Waals surface area contributed by atoms with Crippen LogP contribution in [0, 0.1) is 6.92 Å². The molecule has 0 radical (unpaired) electrons. The fourth-order valence-corrected chi connectivity index (χ4v) is 1.25. The molecule has 0 aromatic carbocycles. The Morgan fingerprint density at radius 2 is 2.36 bits per heavy atom. The van der Waals surface area contributed by atoms with Crippen molar-refractivity contribution in [2.45, 2.75) is 32.7 Å². The van der Waals surface area contributed by atoms with E-state index in [1.165, 1.54) is 0 Å². The molecule has 0 fully saturated rings. The predicted molar refractivity (Wildman–Crippen MR) is 45.3 cm³/mol. The van der Waals surface area contributed by atoms with Gasteiger partial charge in [0.05, 0.1) is 6.26 Å². The molecule has 0 bridgehead atoms. The third-order valence-electron chi connectivity index (χ3n) is 1.90. The standard InChI is InChI=1S/C9H15NO/c1-3-4-9(10)8-5-6-11-7(8)2/h5-6,9H,3-4,10H2,1-2H3/t9-/m0/s1. The highest BCUT2D eigenvalue weighted by Gasteiger charge is 2.08. The van der Waals surface area contributed by atoms with Gasteiger partial charge in [-0.25, -0.2) is 0 Å². The molecule has 1 aromatic heterocycles. The number of rotatable bonds is 3. The lowest BCUT2D eigenvalue weighted by molar-refractivity contribution is 0.520. The number of furan rings is 1. The summed E-state index contributed by atoms with van der Waals surface area (Å²) in [6.45, 7) is 4.08. The van der Waals surface area contributed by atoms with Crippen molar-refractivity contribution in [3.8, 4) is 0 Å². The maximum Gasteiger partial charge on any atom is 0.105 e. The van der Waals surface area contributed by atoms with Crippen LogP contribution >= 0.6 is 0 Å². The second kappa shape index (κ2) is 3.58. The molecule has 0 amide bonds. The maximum absolute atomic E-state index is 5.89. The second-order valence-corrected chi connectivity index (χ2v) is 2.83. The molecule has 2 nitrogen and oxygen atoms in total. The lowest BCUT2D eigenvalue weighted by Gasteiger charge is -2.07. The quantitative estimate of drug-likeness (QED) is 0.724. The number of hydrogen-bond donors (Lipinski definition) is 1. The van der Waals surface area contributed by atoms with Crippen molar-refractivity contribution < 1.29 is 4.42 Å². The van der Waals surface area contributed by atoms with Crippen molar-refractivity contribution >= 4 is 0 Å². The maximum atomic E-state index is 5.89. The topological polar surface area (TPSA) is 39.2 Å². The molecule has 0 unspecified atom stereocenters. The SMILES string of the molecule is CCC[C@H](N)c1ccoc1C. The Balaban J connectivity index is 2.67. The van der Waals surface area contributed by atoms with Gasteiger partial charge in [-0.2, -0.15) is 0 Å². The van der Waals surface area contributed by atoms with Crippen LogP contribution in [0.25, 0.3) is 0 Å².